The van der Waals surface area contributed by atoms with Crippen LogP contribution in [0.15, 0.2) is 24.3 Å². The van der Waals surface area contributed by atoms with Crippen molar-refractivity contribution < 1.29 is 14.0 Å². The smallest absolute Gasteiger partial charge is 0.240 e. The van der Waals surface area contributed by atoms with E-state index in [-0.39, 0.29) is 41.7 Å². The van der Waals surface area contributed by atoms with E-state index in [1.54, 1.807) is 23.9 Å². The third-order valence-corrected chi connectivity index (χ3v) is 7.04. The van der Waals surface area contributed by atoms with E-state index >= 15 is 0 Å². The van der Waals surface area contributed by atoms with E-state index < -0.39 is 0 Å². The molecule has 3 saturated heterocycles. The number of nitrogens with zero attached hydrogens (tertiary/aromatic N) is 3. The highest BCUT2D eigenvalue weighted by atomic mass is 32.2. The van der Waals surface area contributed by atoms with Gasteiger partial charge < -0.3 is 9.80 Å². The topological polar surface area (TPSA) is 43.9 Å². The Morgan fingerprint density at radius 3 is 2.67 bits per heavy atom. The molecule has 0 unspecified atom stereocenters. The normalized spacial score (nSPS) is 27.4. The molecule has 3 aliphatic heterocycles. The molecule has 3 heterocycles. The lowest BCUT2D eigenvalue weighted by atomic mass is 10.0. The minimum atomic E-state index is -0.263. The van der Waals surface area contributed by atoms with Crippen LogP contribution in [0.2, 0.25) is 0 Å². The van der Waals surface area contributed by atoms with Crippen LogP contribution in [0.25, 0.3) is 0 Å². The third-order valence-electron chi connectivity index (χ3n) is 6.08. The van der Waals surface area contributed by atoms with Crippen molar-refractivity contribution in [2.45, 2.75) is 38.4 Å². The van der Waals surface area contributed by atoms with Gasteiger partial charge in [-0.05, 0) is 31.0 Å². The van der Waals surface area contributed by atoms with Crippen molar-refractivity contribution in [3.05, 3.63) is 35.6 Å². The fraction of sp³-hybridized carbons (Fsp3) is 0.600. The quantitative estimate of drug-likeness (QED) is 0.773. The molecule has 27 heavy (non-hydrogen) atoms. The Labute approximate surface area is 163 Å². The molecule has 1 aromatic carbocycles. The largest absolute Gasteiger partial charge is 0.332 e. The standard InChI is InChI=1S/C20H26FN3O2S/c1-13(19(25)22-7-8-27-12-22)10-23-11-17-9-18(23)20(26)24(17)14(2)15-3-5-16(21)6-4-15/h3-6,13-14,17-18H,7-12H2,1-2H3/t13-,14-,17+,18+/m0/s1. The van der Waals surface area contributed by atoms with E-state index in [4.69, 9.17) is 0 Å². The molecule has 5 nitrogen and oxygen atoms in total. The lowest BCUT2D eigenvalue weighted by Crippen LogP contribution is -2.52. The van der Waals surface area contributed by atoms with Gasteiger partial charge in [-0.15, -0.1) is 11.8 Å². The fourth-order valence-corrected chi connectivity index (χ4v) is 5.59. The Morgan fingerprint density at radius 1 is 1.30 bits per heavy atom. The van der Waals surface area contributed by atoms with Crippen LogP contribution in [0.3, 0.4) is 0 Å². The summed E-state index contributed by atoms with van der Waals surface area (Å²) >= 11 is 1.79. The number of amides is 2. The number of halogens is 1. The Bertz CT molecular complexity index is 722. The van der Waals surface area contributed by atoms with E-state index in [0.29, 0.717) is 6.54 Å². The van der Waals surface area contributed by atoms with Crippen molar-refractivity contribution in [1.29, 1.82) is 0 Å². The second-order valence-electron chi connectivity index (χ2n) is 7.87. The summed E-state index contributed by atoms with van der Waals surface area (Å²) in [7, 11) is 0. The van der Waals surface area contributed by atoms with Crippen molar-refractivity contribution >= 4 is 23.6 Å². The van der Waals surface area contributed by atoms with E-state index in [1.165, 1.54) is 12.1 Å². The van der Waals surface area contributed by atoms with Crippen LogP contribution in [-0.4, -0.2) is 69.9 Å². The number of rotatable bonds is 5. The molecule has 0 aromatic heterocycles. The number of carbonyl (C=O) groups is 2. The molecule has 0 spiro atoms. The number of carbonyl (C=O) groups excluding carboxylic acids is 2. The van der Waals surface area contributed by atoms with Gasteiger partial charge in [0.05, 0.1) is 18.0 Å². The number of thioether (sulfide) groups is 1. The van der Waals surface area contributed by atoms with E-state index in [2.05, 4.69) is 4.90 Å². The first-order valence-corrected chi connectivity index (χ1v) is 10.8. The lowest BCUT2D eigenvalue weighted by molar-refractivity contribution is -0.141. The van der Waals surface area contributed by atoms with Crippen molar-refractivity contribution in [3.63, 3.8) is 0 Å². The molecule has 4 rings (SSSR count). The summed E-state index contributed by atoms with van der Waals surface area (Å²) in [6.07, 6.45) is 0.824. The van der Waals surface area contributed by atoms with Crippen LogP contribution < -0.4 is 0 Å². The fourth-order valence-electron chi connectivity index (χ4n) is 4.63. The molecule has 0 aliphatic carbocycles. The van der Waals surface area contributed by atoms with Crippen LogP contribution in [0.4, 0.5) is 4.39 Å². The van der Waals surface area contributed by atoms with Gasteiger partial charge in [-0.2, -0.15) is 0 Å². The second-order valence-corrected chi connectivity index (χ2v) is 8.95. The summed E-state index contributed by atoms with van der Waals surface area (Å²) in [6, 6.07) is 6.39. The summed E-state index contributed by atoms with van der Waals surface area (Å²) in [5, 5.41) is 0. The average Bonchev–Trinajstić information content (AvgIpc) is 3.37. The Hall–Kier alpha value is -1.60. The highest BCUT2D eigenvalue weighted by molar-refractivity contribution is 7.99. The zero-order valence-corrected chi connectivity index (χ0v) is 16.6. The van der Waals surface area contributed by atoms with E-state index in [0.717, 1.165) is 36.7 Å². The first-order chi connectivity index (χ1) is 13.0. The minimum absolute atomic E-state index is 0.0593. The minimum Gasteiger partial charge on any atom is -0.332 e. The number of likely N-dealkylation sites (tertiary alicyclic amines) is 2. The Morgan fingerprint density at radius 2 is 2.04 bits per heavy atom. The number of hydrogen-bond donors (Lipinski definition) is 0. The highest BCUT2D eigenvalue weighted by Crippen LogP contribution is 2.38. The van der Waals surface area contributed by atoms with Crippen LogP contribution >= 0.6 is 11.8 Å². The molecule has 3 fully saturated rings. The first-order valence-electron chi connectivity index (χ1n) is 9.64. The molecule has 146 valence electrons. The van der Waals surface area contributed by atoms with Crippen LogP contribution in [0, 0.1) is 11.7 Å². The lowest BCUT2D eigenvalue weighted by Gasteiger charge is -2.38. The van der Waals surface area contributed by atoms with Crippen LogP contribution in [0.1, 0.15) is 31.9 Å². The van der Waals surface area contributed by atoms with Gasteiger partial charge in [-0.25, -0.2) is 4.39 Å². The van der Waals surface area contributed by atoms with Gasteiger partial charge >= 0.3 is 0 Å². The summed E-state index contributed by atoms with van der Waals surface area (Å²) in [5.74, 6) is 1.80. The molecule has 0 radical (unpaired) electrons. The number of hydrogen-bond acceptors (Lipinski definition) is 4. The van der Waals surface area contributed by atoms with Crippen LogP contribution in [-0.2, 0) is 9.59 Å². The molecule has 4 atom stereocenters. The molecular formula is C20H26FN3O2S. The van der Waals surface area contributed by atoms with Crippen molar-refractivity contribution in [1.82, 2.24) is 14.7 Å². The predicted octanol–water partition coefficient (Wildman–Crippen LogP) is 2.34. The number of benzene rings is 1. The number of fused-ring (bicyclic) bond motifs is 2. The number of piperazine rings is 1. The van der Waals surface area contributed by atoms with Gasteiger partial charge in [0.15, 0.2) is 0 Å². The maximum absolute atomic E-state index is 13.2. The molecule has 2 bridgehead atoms. The molecule has 3 aliphatic rings. The Balaban J connectivity index is 1.39. The Kier molecular flexibility index (Phi) is 5.16. The molecule has 1 aromatic rings. The zero-order valence-electron chi connectivity index (χ0n) is 15.8. The summed E-state index contributed by atoms with van der Waals surface area (Å²) in [4.78, 5) is 31.6. The molecule has 0 N–H and O–H groups in total. The molecule has 0 saturated carbocycles. The SMILES string of the molecule is C[C@@H](CN1C[C@H]2C[C@@H]1C(=O)N2[C@@H](C)c1ccc(F)cc1)C(=O)N1CCSC1. The van der Waals surface area contributed by atoms with Gasteiger partial charge in [0.25, 0.3) is 0 Å². The monoisotopic (exact) mass is 391 g/mol. The maximum atomic E-state index is 13.2. The summed E-state index contributed by atoms with van der Waals surface area (Å²) in [5.41, 5.74) is 0.957. The van der Waals surface area contributed by atoms with E-state index in [1.807, 2.05) is 23.6 Å². The van der Waals surface area contributed by atoms with Gasteiger partial charge in [0, 0.05) is 37.3 Å². The average molecular weight is 392 g/mol. The van der Waals surface area contributed by atoms with Gasteiger partial charge in [-0.1, -0.05) is 19.1 Å². The van der Waals surface area contributed by atoms with Gasteiger partial charge in [-0.3, -0.25) is 14.5 Å². The highest BCUT2D eigenvalue weighted by Gasteiger charge is 2.51. The van der Waals surface area contributed by atoms with Crippen LogP contribution in [0.5, 0.6) is 0 Å². The molecule has 7 heteroatoms. The van der Waals surface area contributed by atoms with Crippen molar-refractivity contribution in [3.8, 4) is 0 Å². The maximum Gasteiger partial charge on any atom is 0.240 e. The zero-order chi connectivity index (χ0) is 19.1. The van der Waals surface area contributed by atoms with Gasteiger partial charge in [0.1, 0.15) is 5.82 Å². The molecule has 2 amide bonds. The van der Waals surface area contributed by atoms with Crippen molar-refractivity contribution in [2.24, 2.45) is 5.92 Å². The predicted molar refractivity (Wildman–Crippen MR) is 104 cm³/mol. The second kappa shape index (κ2) is 7.43. The summed E-state index contributed by atoms with van der Waals surface area (Å²) in [6.45, 7) is 6.27. The molecular weight excluding hydrogens is 365 g/mol. The first kappa shape index (κ1) is 18.7. The van der Waals surface area contributed by atoms with Crippen molar-refractivity contribution in [2.75, 3.05) is 31.3 Å². The third kappa shape index (κ3) is 3.47. The summed E-state index contributed by atoms with van der Waals surface area (Å²) < 4.78 is 13.2. The van der Waals surface area contributed by atoms with Gasteiger partial charge in [0.2, 0.25) is 11.8 Å². The van der Waals surface area contributed by atoms with E-state index in [9.17, 15) is 14.0 Å².